The third-order valence-corrected chi connectivity index (χ3v) is 4.23. The second-order valence-electron chi connectivity index (χ2n) is 5.42. The largest absolute Gasteiger partial charge is 0.493 e. The lowest BCUT2D eigenvalue weighted by Crippen LogP contribution is -2.41. The van der Waals surface area contributed by atoms with Gasteiger partial charge in [0.05, 0.1) is 18.2 Å². The van der Waals surface area contributed by atoms with Crippen LogP contribution in [0.5, 0.6) is 11.5 Å². The van der Waals surface area contributed by atoms with Gasteiger partial charge in [-0.2, -0.15) is 0 Å². The van der Waals surface area contributed by atoms with Crippen LogP contribution in [0.1, 0.15) is 32.1 Å². The highest BCUT2D eigenvalue weighted by Crippen LogP contribution is 2.44. The Labute approximate surface area is 113 Å². The molecule has 102 valence electrons. The van der Waals surface area contributed by atoms with Crippen molar-refractivity contribution in [2.24, 2.45) is 5.41 Å². The van der Waals surface area contributed by atoms with E-state index >= 15 is 0 Å². The van der Waals surface area contributed by atoms with Gasteiger partial charge in [-0.3, -0.25) is 4.79 Å². The summed E-state index contributed by atoms with van der Waals surface area (Å²) in [5.41, 5.74) is 0.356. The van der Waals surface area contributed by atoms with Crippen LogP contribution in [0.15, 0.2) is 18.2 Å². The first-order chi connectivity index (χ1) is 9.25. The highest BCUT2D eigenvalue weighted by molar-refractivity contribution is 5.98. The summed E-state index contributed by atoms with van der Waals surface area (Å²) in [4.78, 5) is 12.5. The van der Waals surface area contributed by atoms with E-state index < -0.39 is 0 Å². The molecule has 1 heterocycles. The Bertz CT molecular complexity index is 492. The maximum Gasteiger partial charge on any atom is 0.234 e. The SMILES string of the molecule is COc1cccc2c1OCC1(CCCCC1)C(=O)N2. The Morgan fingerprint density at radius 3 is 2.79 bits per heavy atom. The van der Waals surface area contributed by atoms with E-state index in [-0.39, 0.29) is 11.3 Å². The zero-order valence-corrected chi connectivity index (χ0v) is 11.2. The third kappa shape index (κ3) is 2.05. The molecule has 1 amide bonds. The van der Waals surface area contributed by atoms with Crippen LogP contribution in [0.25, 0.3) is 0 Å². The van der Waals surface area contributed by atoms with E-state index in [2.05, 4.69) is 5.32 Å². The summed E-state index contributed by atoms with van der Waals surface area (Å²) in [6.07, 6.45) is 5.24. The number of hydrogen-bond donors (Lipinski definition) is 1. The van der Waals surface area contributed by atoms with Crippen molar-refractivity contribution in [1.29, 1.82) is 0 Å². The van der Waals surface area contributed by atoms with Crippen molar-refractivity contribution < 1.29 is 14.3 Å². The van der Waals surface area contributed by atoms with Crippen molar-refractivity contribution in [3.8, 4) is 11.5 Å². The molecule has 1 fully saturated rings. The van der Waals surface area contributed by atoms with E-state index in [0.717, 1.165) is 25.7 Å². The number of nitrogens with one attached hydrogen (secondary N) is 1. The second-order valence-corrected chi connectivity index (χ2v) is 5.42. The van der Waals surface area contributed by atoms with Crippen molar-refractivity contribution in [3.63, 3.8) is 0 Å². The van der Waals surface area contributed by atoms with E-state index in [1.165, 1.54) is 6.42 Å². The minimum absolute atomic E-state index is 0.0965. The number of methoxy groups -OCH3 is 1. The molecule has 2 aliphatic rings. The van der Waals surface area contributed by atoms with Crippen molar-refractivity contribution in [3.05, 3.63) is 18.2 Å². The van der Waals surface area contributed by atoms with Gasteiger partial charge in [0.1, 0.15) is 6.61 Å². The number of amides is 1. The molecule has 19 heavy (non-hydrogen) atoms. The molecule has 3 rings (SSSR count). The highest BCUT2D eigenvalue weighted by atomic mass is 16.5. The lowest BCUT2D eigenvalue weighted by Gasteiger charge is -2.33. The number of rotatable bonds is 1. The number of para-hydroxylation sites is 1. The first kappa shape index (κ1) is 12.3. The van der Waals surface area contributed by atoms with Crippen LogP contribution in [0.3, 0.4) is 0 Å². The standard InChI is InChI=1S/C15H19NO3/c1-18-12-7-5-6-11-13(12)19-10-15(14(17)16-11)8-3-2-4-9-15/h5-7H,2-4,8-10H2,1H3,(H,16,17). The minimum Gasteiger partial charge on any atom is -0.493 e. The first-order valence-electron chi connectivity index (χ1n) is 6.86. The van der Waals surface area contributed by atoms with Gasteiger partial charge in [0.25, 0.3) is 0 Å². The predicted octanol–water partition coefficient (Wildman–Crippen LogP) is 2.98. The maximum absolute atomic E-state index is 12.5. The fraction of sp³-hybridized carbons (Fsp3) is 0.533. The lowest BCUT2D eigenvalue weighted by molar-refractivity contribution is -0.128. The van der Waals surface area contributed by atoms with Gasteiger partial charge >= 0.3 is 0 Å². The molecule has 0 radical (unpaired) electrons. The molecule has 0 bridgehead atoms. The highest BCUT2D eigenvalue weighted by Gasteiger charge is 2.42. The molecule has 0 saturated heterocycles. The topological polar surface area (TPSA) is 47.6 Å². The summed E-state index contributed by atoms with van der Waals surface area (Å²) >= 11 is 0. The summed E-state index contributed by atoms with van der Waals surface area (Å²) in [7, 11) is 1.61. The van der Waals surface area contributed by atoms with Gasteiger partial charge in [0, 0.05) is 0 Å². The zero-order chi connectivity index (χ0) is 13.3. The maximum atomic E-state index is 12.5. The van der Waals surface area contributed by atoms with Crippen molar-refractivity contribution in [1.82, 2.24) is 0 Å². The Morgan fingerprint density at radius 1 is 1.26 bits per heavy atom. The number of ether oxygens (including phenoxy) is 2. The molecule has 0 atom stereocenters. The third-order valence-electron chi connectivity index (χ3n) is 4.23. The Hall–Kier alpha value is -1.71. The van der Waals surface area contributed by atoms with E-state index in [1.807, 2.05) is 18.2 Å². The number of hydrogen-bond acceptors (Lipinski definition) is 3. The van der Waals surface area contributed by atoms with Crippen molar-refractivity contribution >= 4 is 11.6 Å². The van der Waals surface area contributed by atoms with Gasteiger partial charge in [0.15, 0.2) is 11.5 Å². The van der Waals surface area contributed by atoms with Gasteiger partial charge in [-0.05, 0) is 25.0 Å². The number of carbonyl (C=O) groups excluding carboxylic acids is 1. The second kappa shape index (κ2) is 4.76. The van der Waals surface area contributed by atoms with Gasteiger partial charge < -0.3 is 14.8 Å². The molecule has 4 heteroatoms. The summed E-state index contributed by atoms with van der Waals surface area (Å²) < 4.78 is 11.2. The van der Waals surface area contributed by atoms with Crippen LogP contribution in [0.2, 0.25) is 0 Å². The summed E-state index contributed by atoms with van der Waals surface area (Å²) in [6, 6.07) is 5.57. The number of fused-ring (bicyclic) bond motifs is 1. The molecule has 1 N–H and O–H groups in total. The Kier molecular flexibility index (Phi) is 3.09. The number of anilines is 1. The molecule has 0 aromatic heterocycles. The summed E-state index contributed by atoms with van der Waals surface area (Å²) in [5.74, 6) is 1.42. The van der Waals surface area contributed by atoms with Gasteiger partial charge in [-0.1, -0.05) is 25.3 Å². The average molecular weight is 261 g/mol. The van der Waals surface area contributed by atoms with E-state index in [1.54, 1.807) is 7.11 Å². The molecule has 1 aliphatic heterocycles. The van der Waals surface area contributed by atoms with E-state index in [9.17, 15) is 4.79 Å². The predicted molar refractivity (Wildman–Crippen MR) is 72.6 cm³/mol. The zero-order valence-electron chi connectivity index (χ0n) is 11.2. The fourth-order valence-electron chi connectivity index (χ4n) is 3.05. The van der Waals surface area contributed by atoms with Crippen molar-refractivity contribution in [2.75, 3.05) is 19.0 Å². The van der Waals surface area contributed by atoms with Crippen LogP contribution in [-0.4, -0.2) is 19.6 Å². The molecule has 1 saturated carbocycles. The van der Waals surface area contributed by atoms with Crippen LogP contribution in [0.4, 0.5) is 5.69 Å². The quantitative estimate of drug-likeness (QED) is 0.845. The van der Waals surface area contributed by atoms with E-state index in [0.29, 0.717) is 23.8 Å². The fourth-order valence-corrected chi connectivity index (χ4v) is 3.05. The van der Waals surface area contributed by atoms with Crippen LogP contribution in [0, 0.1) is 5.41 Å². The summed E-state index contributed by atoms with van der Waals surface area (Å²) in [5, 5.41) is 3.01. The van der Waals surface area contributed by atoms with Crippen LogP contribution < -0.4 is 14.8 Å². The molecule has 1 aromatic carbocycles. The number of benzene rings is 1. The normalized spacial score (nSPS) is 21.0. The van der Waals surface area contributed by atoms with Gasteiger partial charge in [0.2, 0.25) is 5.91 Å². The van der Waals surface area contributed by atoms with Crippen molar-refractivity contribution in [2.45, 2.75) is 32.1 Å². The molecular weight excluding hydrogens is 242 g/mol. The molecule has 4 nitrogen and oxygen atoms in total. The molecular formula is C15H19NO3. The van der Waals surface area contributed by atoms with E-state index in [4.69, 9.17) is 9.47 Å². The van der Waals surface area contributed by atoms with Crippen LogP contribution >= 0.6 is 0 Å². The van der Waals surface area contributed by atoms with Gasteiger partial charge in [-0.25, -0.2) is 0 Å². The number of carbonyl (C=O) groups is 1. The Morgan fingerprint density at radius 2 is 2.05 bits per heavy atom. The average Bonchev–Trinajstić information content (AvgIpc) is 2.58. The lowest BCUT2D eigenvalue weighted by atomic mass is 9.74. The Balaban J connectivity index is 1.94. The first-order valence-corrected chi connectivity index (χ1v) is 6.86. The molecule has 1 spiro atoms. The molecule has 1 aromatic rings. The van der Waals surface area contributed by atoms with Crippen LogP contribution in [-0.2, 0) is 4.79 Å². The smallest absolute Gasteiger partial charge is 0.234 e. The summed E-state index contributed by atoms with van der Waals surface area (Å²) in [6.45, 7) is 0.451. The minimum atomic E-state index is -0.359. The van der Waals surface area contributed by atoms with Gasteiger partial charge in [-0.15, -0.1) is 0 Å². The molecule has 1 aliphatic carbocycles. The monoisotopic (exact) mass is 261 g/mol. The molecule has 0 unspecified atom stereocenters.